The Balaban J connectivity index is 2.17. The highest BCUT2D eigenvalue weighted by atomic mass is 127. The number of rotatable bonds is 3. The van der Waals surface area contributed by atoms with Gasteiger partial charge in [-0.1, -0.05) is 6.07 Å². The maximum atomic E-state index is 6.01. The predicted molar refractivity (Wildman–Crippen MR) is 80.0 cm³/mol. The van der Waals surface area contributed by atoms with E-state index in [1.807, 2.05) is 6.07 Å². The number of anilines is 2. The third-order valence-electron chi connectivity index (χ3n) is 2.37. The van der Waals surface area contributed by atoms with Crippen LogP contribution in [0.15, 0.2) is 35.7 Å². The van der Waals surface area contributed by atoms with Gasteiger partial charge in [0.25, 0.3) is 0 Å². The largest absolute Gasteiger partial charge is 0.397 e. The molecule has 0 spiro atoms. The summed E-state index contributed by atoms with van der Waals surface area (Å²) in [5.41, 5.74) is 7.94. The van der Waals surface area contributed by atoms with Crippen molar-refractivity contribution in [3.8, 4) is 0 Å². The summed E-state index contributed by atoms with van der Waals surface area (Å²) in [6.07, 6.45) is 0. The van der Waals surface area contributed by atoms with Gasteiger partial charge >= 0.3 is 0 Å². The number of thiophene rings is 1. The Morgan fingerprint density at radius 2 is 2.19 bits per heavy atom. The Labute approximate surface area is 113 Å². The summed E-state index contributed by atoms with van der Waals surface area (Å²) in [7, 11) is 2.07. The van der Waals surface area contributed by atoms with Crippen LogP contribution in [-0.2, 0) is 6.54 Å². The highest BCUT2D eigenvalue weighted by Gasteiger charge is 2.06. The quantitative estimate of drug-likeness (QED) is 0.681. The van der Waals surface area contributed by atoms with Crippen molar-refractivity contribution in [2.75, 3.05) is 17.7 Å². The maximum Gasteiger partial charge on any atom is 0.0601 e. The molecule has 4 heteroatoms. The van der Waals surface area contributed by atoms with Crippen molar-refractivity contribution < 1.29 is 0 Å². The third-order valence-corrected chi connectivity index (χ3v) is 3.91. The Morgan fingerprint density at radius 3 is 2.81 bits per heavy atom. The second-order valence-corrected chi connectivity index (χ2v) is 5.92. The van der Waals surface area contributed by atoms with Crippen LogP contribution in [0.2, 0.25) is 0 Å². The molecule has 84 valence electrons. The lowest BCUT2D eigenvalue weighted by atomic mass is 10.2. The van der Waals surface area contributed by atoms with Crippen LogP contribution in [-0.4, -0.2) is 7.05 Å². The van der Waals surface area contributed by atoms with Gasteiger partial charge in [-0.05, 0) is 52.2 Å². The molecule has 2 rings (SSSR count). The van der Waals surface area contributed by atoms with Crippen LogP contribution in [0.4, 0.5) is 11.4 Å². The van der Waals surface area contributed by atoms with Crippen LogP contribution < -0.4 is 10.6 Å². The molecule has 1 aromatic heterocycles. The molecule has 0 saturated heterocycles. The van der Waals surface area contributed by atoms with Crippen LogP contribution in [0.3, 0.4) is 0 Å². The van der Waals surface area contributed by atoms with Gasteiger partial charge in [0.1, 0.15) is 0 Å². The Bertz CT molecular complexity index is 468. The van der Waals surface area contributed by atoms with Crippen molar-refractivity contribution in [1.29, 1.82) is 0 Å². The van der Waals surface area contributed by atoms with Crippen molar-refractivity contribution in [2.24, 2.45) is 0 Å². The van der Waals surface area contributed by atoms with Gasteiger partial charge in [0.15, 0.2) is 0 Å². The van der Waals surface area contributed by atoms with Gasteiger partial charge in [-0.3, -0.25) is 0 Å². The van der Waals surface area contributed by atoms with Gasteiger partial charge in [-0.15, -0.1) is 11.3 Å². The smallest absolute Gasteiger partial charge is 0.0601 e. The predicted octanol–water partition coefficient (Wildman–Crippen LogP) is 3.57. The first kappa shape index (κ1) is 11.7. The molecule has 0 fully saturated rings. The first-order chi connectivity index (χ1) is 7.66. The van der Waals surface area contributed by atoms with E-state index in [1.54, 1.807) is 11.3 Å². The van der Waals surface area contributed by atoms with Crippen LogP contribution in [0, 0.1) is 3.57 Å². The zero-order valence-corrected chi connectivity index (χ0v) is 12.0. The average Bonchev–Trinajstić information content (AvgIpc) is 2.70. The molecule has 1 heterocycles. The van der Waals surface area contributed by atoms with E-state index in [2.05, 4.69) is 64.2 Å². The van der Waals surface area contributed by atoms with Gasteiger partial charge in [-0.25, -0.2) is 0 Å². The Morgan fingerprint density at radius 1 is 1.38 bits per heavy atom. The van der Waals surface area contributed by atoms with Gasteiger partial charge < -0.3 is 10.6 Å². The monoisotopic (exact) mass is 344 g/mol. The molecule has 0 aliphatic carbocycles. The summed E-state index contributed by atoms with van der Waals surface area (Å²) in [5, 5.41) is 2.10. The summed E-state index contributed by atoms with van der Waals surface area (Å²) in [5.74, 6) is 0. The van der Waals surface area contributed by atoms with Crippen molar-refractivity contribution in [3.05, 3.63) is 44.2 Å². The van der Waals surface area contributed by atoms with Crippen molar-refractivity contribution in [1.82, 2.24) is 0 Å². The van der Waals surface area contributed by atoms with E-state index in [1.165, 1.54) is 8.45 Å². The average molecular weight is 344 g/mol. The fourth-order valence-corrected chi connectivity index (χ4v) is 2.87. The Kier molecular flexibility index (Phi) is 3.70. The van der Waals surface area contributed by atoms with E-state index < -0.39 is 0 Å². The van der Waals surface area contributed by atoms with E-state index in [4.69, 9.17) is 5.73 Å². The van der Waals surface area contributed by atoms with Crippen LogP contribution in [0.5, 0.6) is 0 Å². The number of benzene rings is 1. The fraction of sp³-hybridized carbons (Fsp3) is 0.167. The summed E-state index contributed by atoms with van der Waals surface area (Å²) < 4.78 is 1.17. The molecule has 0 amide bonds. The molecular formula is C12H13IN2S. The minimum atomic E-state index is 0.839. The zero-order valence-electron chi connectivity index (χ0n) is 8.98. The van der Waals surface area contributed by atoms with Gasteiger partial charge in [0, 0.05) is 15.5 Å². The van der Waals surface area contributed by atoms with Crippen LogP contribution in [0.1, 0.15) is 4.88 Å². The number of nitrogens with two attached hydrogens (primary N) is 1. The van der Waals surface area contributed by atoms with Crippen LogP contribution in [0.25, 0.3) is 0 Å². The van der Waals surface area contributed by atoms with Gasteiger partial charge in [0.05, 0.1) is 17.9 Å². The molecular weight excluding hydrogens is 331 g/mol. The standard InChI is InChI=1S/C12H13IN2S/c1-15(8-10-3-2-6-16-10)12-5-4-9(13)7-11(12)14/h2-7H,8,14H2,1H3. The molecule has 0 radical (unpaired) electrons. The van der Waals surface area contributed by atoms with E-state index >= 15 is 0 Å². The van der Waals surface area contributed by atoms with Crippen molar-refractivity contribution in [2.45, 2.75) is 6.54 Å². The third kappa shape index (κ3) is 2.68. The number of nitrogens with zero attached hydrogens (tertiary/aromatic N) is 1. The molecule has 2 N–H and O–H groups in total. The molecule has 16 heavy (non-hydrogen) atoms. The highest BCUT2D eigenvalue weighted by molar-refractivity contribution is 14.1. The zero-order chi connectivity index (χ0) is 11.5. The second kappa shape index (κ2) is 5.05. The van der Waals surface area contributed by atoms with Gasteiger partial charge in [-0.2, -0.15) is 0 Å². The topological polar surface area (TPSA) is 29.3 Å². The fourth-order valence-electron chi connectivity index (χ4n) is 1.59. The SMILES string of the molecule is CN(Cc1cccs1)c1ccc(I)cc1N. The van der Waals surface area contributed by atoms with E-state index in [0.29, 0.717) is 0 Å². The molecule has 2 nitrogen and oxygen atoms in total. The number of halogens is 1. The molecule has 1 aromatic carbocycles. The highest BCUT2D eigenvalue weighted by Crippen LogP contribution is 2.26. The number of nitrogen functional groups attached to an aromatic ring is 1. The molecule has 0 bridgehead atoms. The molecule has 0 aliphatic heterocycles. The minimum Gasteiger partial charge on any atom is -0.397 e. The number of hydrogen-bond donors (Lipinski definition) is 1. The van der Waals surface area contributed by atoms with E-state index in [-0.39, 0.29) is 0 Å². The number of hydrogen-bond acceptors (Lipinski definition) is 3. The summed E-state index contributed by atoms with van der Waals surface area (Å²) in [6, 6.07) is 10.4. The first-order valence-electron chi connectivity index (χ1n) is 4.95. The lowest BCUT2D eigenvalue weighted by Gasteiger charge is -2.20. The Hall–Kier alpha value is -0.750. The molecule has 0 unspecified atom stereocenters. The summed E-state index contributed by atoms with van der Waals surface area (Å²) in [4.78, 5) is 3.53. The molecule has 0 atom stereocenters. The van der Waals surface area contributed by atoms with Gasteiger partial charge in [0.2, 0.25) is 0 Å². The second-order valence-electron chi connectivity index (χ2n) is 3.64. The lowest BCUT2D eigenvalue weighted by molar-refractivity contribution is 0.942. The minimum absolute atomic E-state index is 0.839. The normalized spacial score (nSPS) is 10.4. The molecule has 0 saturated carbocycles. The van der Waals surface area contributed by atoms with E-state index in [9.17, 15) is 0 Å². The maximum absolute atomic E-state index is 6.01. The lowest BCUT2D eigenvalue weighted by Crippen LogP contribution is -2.17. The van der Waals surface area contributed by atoms with Crippen molar-refractivity contribution in [3.63, 3.8) is 0 Å². The molecule has 2 aromatic rings. The van der Waals surface area contributed by atoms with Crippen molar-refractivity contribution >= 4 is 45.3 Å². The van der Waals surface area contributed by atoms with E-state index in [0.717, 1.165) is 17.9 Å². The first-order valence-corrected chi connectivity index (χ1v) is 6.91. The summed E-state index contributed by atoms with van der Waals surface area (Å²) in [6.45, 7) is 0.905. The summed E-state index contributed by atoms with van der Waals surface area (Å²) >= 11 is 4.04. The molecule has 0 aliphatic rings. The van der Waals surface area contributed by atoms with Crippen LogP contribution >= 0.6 is 33.9 Å².